The van der Waals surface area contributed by atoms with E-state index in [2.05, 4.69) is 10.5 Å². The smallest absolute Gasteiger partial charge is 0.325 e. The summed E-state index contributed by atoms with van der Waals surface area (Å²) in [5, 5.41) is 19.1. The first-order chi connectivity index (χ1) is 6.06. The minimum atomic E-state index is -1.10. The van der Waals surface area contributed by atoms with Crippen molar-refractivity contribution in [2.75, 3.05) is 19.8 Å². The molecule has 13 heavy (non-hydrogen) atoms. The lowest BCUT2D eigenvalue weighted by Gasteiger charge is -2.08. The Kier molecular flexibility index (Phi) is 5.57. The van der Waals surface area contributed by atoms with Crippen molar-refractivity contribution in [3.8, 4) is 0 Å². The Balaban J connectivity index is 3.46. The third-order valence-corrected chi connectivity index (χ3v) is 1.05. The van der Waals surface area contributed by atoms with Crippen LogP contribution in [0.2, 0.25) is 0 Å². The number of urea groups is 1. The van der Waals surface area contributed by atoms with Crippen molar-refractivity contribution in [1.82, 2.24) is 5.32 Å². The van der Waals surface area contributed by atoms with Crippen molar-refractivity contribution in [2.24, 2.45) is 5.73 Å². The van der Waals surface area contributed by atoms with E-state index in [0.717, 1.165) is 0 Å². The van der Waals surface area contributed by atoms with Crippen LogP contribution in [0.3, 0.4) is 0 Å². The lowest BCUT2D eigenvalue weighted by Crippen LogP contribution is -2.35. The van der Waals surface area contributed by atoms with E-state index in [1.54, 1.807) is 0 Å². The first kappa shape index (κ1) is 11.7. The molecule has 0 aliphatic rings. The number of hydrogen-bond donors (Lipinski definition) is 4. The Hall–Kier alpha value is -1.34. The van der Waals surface area contributed by atoms with Gasteiger partial charge in [0.05, 0.1) is 6.61 Å². The summed E-state index contributed by atoms with van der Waals surface area (Å²) in [7, 11) is 0. The number of primary amides is 1. The molecule has 2 amide bonds. The first-order valence-electron chi connectivity index (χ1n) is 3.54. The van der Waals surface area contributed by atoms with E-state index >= 15 is 0 Å². The summed E-state index contributed by atoms with van der Waals surface area (Å²) < 4.78 is 4.43. The average Bonchev–Trinajstić information content (AvgIpc) is 2.10. The Labute approximate surface area is 74.5 Å². The molecule has 76 valence electrons. The molecule has 0 aliphatic heterocycles. The molecule has 0 aromatic heterocycles. The maximum absolute atomic E-state index is 10.7. The highest BCUT2D eigenvalue weighted by atomic mass is 16.5. The predicted molar refractivity (Wildman–Crippen MR) is 41.6 cm³/mol. The third kappa shape index (κ3) is 7.04. The minimum absolute atomic E-state index is 0.310. The standard InChI is InChI=1S/C6H12N2O5/c7-6(12)8-1-5(11)13-3-4(10)2-9/h4,9-10H,1-3H2,(H3,7,8,12). The normalized spacial score (nSPS) is 11.8. The molecule has 0 bridgehead atoms. The lowest BCUT2D eigenvalue weighted by atomic mass is 10.4. The number of carbonyl (C=O) groups excluding carboxylic acids is 2. The summed E-state index contributed by atoms with van der Waals surface area (Å²) in [6.07, 6.45) is -1.10. The van der Waals surface area contributed by atoms with Gasteiger partial charge in [0.2, 0.25) is 0 Å². The number of hydrogen-bond acceptors (Lipinski definition) is 5. The van der Waals surface area contributed by atoms with Gasteiger partial charge >= 0.3 is 12.0 Å². The van der Waals surface area contributed by atoms with Gasteiger partial charge in [-0.05, 0) is 0 Å². The number of nitrogens with two attached hydrogens (primary N) is 1. The molecule has 7 heteroatoms. The van der Waals surface area contributed by atoms with Crippen LogP contribution in [-0.2, 0) is 9.53 Å². The van der Waals surface area contributed by atoms with Gasteiger partial charge in [-0.1, -0.05) is 0 Å². The number of nitrogens with one attached hydrogen (secondary N) is 1. The zero-order valence-electron chi connectivity index (χ0n) is 6.90. The molecular formula is C6H12N2O5. The van der Waals surface area contributed by atoms with Gasteiger partial charge in [0, 0.05) is 0 Å². The topological polar surface area (TPSA) is 122 Å². The quantitative estimate of drug-likeness (QED) is 0.360. The fourth-order valence-corrected chi connectivity index (χ4v) is 0.452. The van der Waals surface area contributed by atoms with Crippen LogP contribution < -0.4 is 11.1 Å². The number of carbonyl (C=O) groups is 2. The van der Waals surface area contributed by atoms with Crippen molar-refractivity contribution < 1.29 is 24.5 Å². The molecule has 5 N–H and O–H groups in total. The third-order valence-electron chi connectivity index (χ3n) is 1.05. The molecule has 0 saturated carbocycles. The highest BCUT2D eigenvalue weighted by molar-refractivity contribution is 5.79. The second-order valence-corrected chi connectivity index (χ2v) is 2.24. The van der Waals surface area contributed by atoms with Gasteiger partial charge in [-0.3, -0.25) is 4.79 Å². The lowest BCUT2D eigenvalue weighted by molar-refractivity contribution is -0.145. The Morgan fingerprint density at radius 3 is 2.62 bits per heavy atom. The molecule has 0 saturated heterocycles. The van der Waals surface area contributed by atoms with Crippen LogP contribution >= 0.6 is 0 Å². The van der Waals surface area contributed by atoms with Crippen LogP contribution in [0.5, 0.6) is 0 Å². The molecule has 0 aromatic rings. The van der Waals surface area contributed by atoms with Gasteiger partial charge in [-0.25, -0.2) is 4.79 Å². The number of aliphatic hydroxyl groups is 2. The molecule has 0 aliphatic carbocycles. The van der Waals surface area contributed by atoms with Crippen molar-refractivity contribution in [1.29, 1.82) is 0 Å². The van der Waals surface area contributed by atoms with Crippen LogP contribution in [0.15, 0.2) is 0 Å². The summed E-state index contributed by atoms with van der Waals surface area (Å²) in [6.45, 7) is -1.15. The highest BCUT2D eigenvalue weighted by Gasteiger charge is 2.07. The predicted octanol–water partition coefficient (Wildman–Crippen LogP) is -2.45. The molecule has 0 aromatic carbocycles. The van der Waals surface area contributed by atoms with Gasteiger partial charge in [-0.2, -0.15) is 0 Å². The van der Waals surface area contributed by atoms with Crippen LogP contribution in [0.4, 0.5) is 4.79 Å². The van der Waals surface area contributed by atoms with Crippen molar-refractivity contribution >= 4 is 12.0 Å². The maximum Gasteiger partial charge on any atom is 0.325 e. The Morgan fingerprint density at radius 1 is 1.54 bits per heavy atom. The van der Waals surface area contributed by atoms with Crippen LogP contribution in [0.1, 0.15) is 0 Å². The van der Waals surface area contributed by atoms with E-state index in [-0.39, 0.29) is 13.2 Å². The van der Waals surface area contributed by atoms with E-state index in [9.17, 15) is 9.59 Å². The van der Waals surface area contributed by atoms with E-state index in [1.165, 1.54) is 0 Å². The monoisotopic (exact) mass is 192 g/mol. The summed E-state index contributed by atoms with van der Waals surface area (Å²) in [5.41, 5.74) is 4.68. The zero-order valence-corrected chi connectivity index (χ0v) is 6.90. The van der Waals surface area contributed by atoms with E-state index in [1.807, 2.05) is 5.32 Å². The number of rotatable bonds is 5. The second kappa shape index (κ2) is 6.21. The second-order valence-electron chi connectivity index (χ2n) is 2.24. The van der Waals surface area contributed by atoms with Gasteiger partial charge < -0.3 is 26.0 Å². The summed E-state index contributed by atoms with van der Waals surface area (Å²) in [6, 6.07) is -0.834. The number of aliphatic hydroxyl groups excluding tert-OH is 2. The molecular weight excluding hydrogens is 180 g/mol. The van der Waals surface area contributed by atoms with Crippen LogP contribution in [0, 0.1) is 0 Å². The minimum Gasteiger partial charge on any atom is -0.462 e. The van der Waals surface area contributed by atoms with Crippen molar-refractivity contribution in [3.63, 3.8) is 0 Å². The van der Waals surface area contributed by atoms with E-state index in [4.69, 9.17) is 10.2 Å². The van der Waals surface area contributed by atoms with Crippen LogP contribution in [0.25, 0.3) is 0 Å². The molecule has 0 radical (unpaired) electrons. The molecule has 0 spiro atoms. The SMILES string of the molecule is NC(=O)NCC(=O)OCC(O)CO. The number of ether oxygens (including phenoxy) is 1. The fraction of sp³-hybridized carbons (Fsp3) is 0.667. The summed E-state index contributed by atoms with van der Waals surface area (Å²) >= 11 is 0. The van der Waals surface area contributed by atoms with Gasteiger partial charge in [-0.15, -0.1) is 0 Å². The summed E-state index contributed by atoms with van der Waals surface area (Å²) in [5.74, 6) is -0.730. The fourth-order valence-electron chi connectivity index (χ4n) is 0.452. The molecule has 7 nitrogen and oxygen atoms in total. The van der Waals surface area contributed by atoms with Crippen LogP contribution in [-0.4, -0.2) is 48.1 Å². The average molecular weight is 192 g/mol. The van der Waals surface area contributed by atoms with Gasteiger partial charge in [0.25, 0.3) is 0 Å². The van der Waals surface area contributed by atoms with Crippen molar-refractivity contribution in [2.45, 2.75) is 6.10 Å². The van der Waals surface area contributed by atoms with Crippen molar-refractivity contribution in [3.05, 3.63) is 0 Å². The molecule has 1 unspecified atom stereocenters. The molecule has 0 rings (SSSR count). The maximum atomic E-state index is 10.7. The number of amides is 2. The largest absolute Gasteiger partial charge is 0.462 e. The van der Waals surface area contributed by atoms with Gasteiger partial charge in [0.1, 0.15) is 19.3 Å². The van der Waals surface area contributed by atoms with E-state index in [0.29, 0.717) is 0 Å². The zero-order chi connectivity index (χ0) is 10.3. The van der Waals surface area contributed by atoms with Gasteiger partial charge in [0.15, 0.2) is 0 Å². The molecule has 1 atom stereocenters. The highest BCUT2D eigenvalue weighted by Crippen LogP contribution is 1.84. The Bertz CT molecular complexity index is 184. The van der Waals surface area contributed by atoms with E-state index < -0.39 is 24.7 Å². The first-order valence-corrected chi connectivity index (χ1v) is 3.54. The molecule has 0 heterocycles. The molecule has 0 fully saturated rings. The Morgan fingerprint density at radius 2 is 2.15 bits per heavy atom. The summed E-state index contributed by atoms with van der Waals surface area (Å²) in [4.78, 5) is 20.8. The number of esters is 1.